The fraction of sp³-hybridized carbons (Fsp3) is 0.375. The van der Waals surface area contributed by atoms with Gasteiger partial charge in [-0.15, -0.1) is 0 Å². The summed E-state index contributed by atoms with van der Waals surface area (Å²) in [6.07, 6.45) is 0.958. The van der Waals surface area contributed by atoms with Crippen LogP contribution in [0.5, 0.6) is 0 Å². The van der Waals surface area contributed by atoms with Gasteiger partial charge < -0.3 is 5.73 Å². The van der Waals surface area contributed by atoms with Crippen molar-refractivity contribution in [1.29, 1.82) is 0 Å². The third-order valence-corrected chi connectivity index (χ3v) is 3.15. The van der Waals surface area contributed by atoms with Crippen molar-refractivity contribution in [3.63, 3.8) is 0 Å². The molecule has 0 aliphatic rings. The number of hydrogen-bond donors (Lipinski definition) is 1. The lowest BCUT2D eigenvalue weighted by atomic mass is 9.91. The van der Waals surface area contributed by atoms with E-state index in [1.807, 2.05) is 18.2 Å². The molecule has 2 rings (SSSR count). The smallest absolute Gasteiger partial charge is 0.162 e. The van der Waals surface area contributed by atoms with Gasteiger partial charge in [0.15, 0.2) is 5.82 Å². The second-order valence-electron chi connectivity index (χ2n) is 5.76. The van der Waals surface area contributed by atoms with Crippen molar-refractivity contribution >= 4 is 5.82 Å². The molecular weight excluding hydrogens is 234 g/mol. The molecule has 0 bridgehead atoms. The second-order valence-corrected chi connectivity index (χ2v) is 5.76. The van der Waals surface area contributed by atoms with Crippen LogP contribution in [-0.4, -0.2) is 9.97 Å². The lowest BCUT2D eigenvalue weighted by Gasteiger charge is -2.19. The molecular formula is C16H21N3. The van der Waals surface area contributed by atoms with Gasteiger partial charge in [0.25, 0.3) is 0 Å². The minimum absolute atomic E-state index is 0.0348. The summed E-state index contributed by atoms with van der Waals surface area (Å²) in [6, 6.07) is 10.1. The van der Waals surface area contributed by atoms with Crippen LogP contribution in [0.4, 0.5) is 5.82 Å². The number of rotatable bonds is 2. The molecule has 0 radical (unpaired) electrons. The van der Waals surface area contributed by atoms with Gasteiger partial charge in [-0.1, -0.05) is 52.0 Å². The number of nitrogen functional groups attached to an aromatic ring is 1. The van der Waals surface area contributed by atoms with Crippen LogP contribution < -0.4 is 5.73 Å². The first-order valence-corrected chi connectivity index (χ1v) is 6.65. The first kappa shape index (κ1) is 13.5. The van der Waals surface area contributed by atoms with Gasteiger partial charge in [0, 0.05) is 17.0 Å². The Morgan fingerprint density at radius 1 is 1.11 bits per heavy atom. The zero-order chi connectivity index (χ0) is 14.0. The van der Waals surface area contributed by atoms with Gasteiger partial charge in [0.05, 0.1) is 5.69 Å². The summed E-state index contributed by atoms with van der Waals surface area (Å²) >= 11 is 0. The maximum Gasteiger partial charge on any atom is 0.162 e. The number of aromatic nitrogens is 2. The Kier molecular flexibility index (Phi) is 3.56. The van der Waals surface area contributed by atoms with Gasteiger partial charge in [0.1, 0.15) is 5.82 Å². The molecule has 2 aromatic rings. The third kappa shape index (κ3) is 2.92. The molecule has 2 N–H and O–H groups in total. The highest BCUT2D eigenvalue weighted by molar-refractivity contribution is 5.62. The number of nitrogens with two attached hydrogens (primary N) is 1. The molecule has 0 fully saturated rings. The van der Waals surface area contributed by atoms with Crippen molar-refractivity contribution < 1.29 is 0 Å². The van der Waals surface area contributed by atoms with Crippen molar-refractivity contribution in [2.45, 2.75) is 39.5 Å². The molecule has 0 atom stereocenters. The summed E-state index contributed by atoms with van der Waals surface area (Å²) in [5.41, 5.74) is 9.19. The van der Waals surface area contributed by atoms with Gasteiger partial charge in [-0.05, 0) is 12.0 Å². The fourth-order valence-corrected chi connectivity index (χ4v) is 2.02. The van der Waals surface area contributed by atoms with Crippen LogP contribution in [0.1, 0.15) is 39.0 Å². The zero-order valence-corrected chi connectivity index (χ0v) is 12.1. The van der Waals surface area contributed by atoms with Crippen LogP contribution in [0.2, 0.25) is 0 Å². The predicted molar refractivity (Wildman–Crippen MR) is 80.0 cm³/mol. The van der Waals surface area contributed by atoms with E-state index in [9.17, 15) is 0 Å². The van der Waals surface area contributed by atoms with Gasteiger partial charge in [0.2, 0.25) is 0 Å². The Balaban J connectivity index is 2.60. The zero-order valence-electron chi connectivity index (χ0n) is 12.1. The Bertz CT molecular complexity index is 583. The molecule has 0 aliphatic carbocycles. The Morgan fingerprint density at radius 3 is 2.42 bits per heavy atom. The molecule has 0 spiro atoms. The van der Waals surface area contributed by atoms with Crippen LogP contribution in [-0.2, 0) is 11.8 Å². The van der Waals surface area contributed by atoms with E-state index in [-0.39, 0.29) is 5.41 Å². The van der Waals surface area contributed by atoms with Crippen molar-refractivity contribution in [1.82, 2.24) is 9.97 Å². The minimum Gasteiger partial charge on any atom is -0.384 e. The summed E-state index contributed by atoms with van der Waals surface area (Å²) in [6.45, 7) is 8.52. The molecule has 0 aliphatic heterocycles. The standard InChI is InChI=1S/C16H21N3/c1-5-11-8-6-7-9-12(11)15-18-13(16(2,3)4)10-14(17)19-15/h6-10H,5H2,1-4H3,(H2,17,18,19). The van der Waals surface area contributed by atoms with Crippen molar-refractivity contribution in [2.24, 2.45) is 0 Å². The number of benzene rings is 1. The van der Waals surface area contributed by atoms with Gasteiger partial charge in [-0.25, -0.2) is 9.97 Å². The second kappa shape index (κ2) is 5.00. The van der Waals surface area contributed by atoms with E-state index >= 15 is 0 Å². The van der Waals surface area contributed by atoms with Gasteiger partial charge >= 0.3 is 0 Å². The summed E-state index contributed by atoms with van der Waals surface area (Å²) < 4.78 is 0. The molecule has 100 valence electrons. The van der Waals surface area contributed by atoms with Crippen molar-refractivity contribution in [2.75, 3.05) is 5.73 Å². The molecule has 1 aromatic heterocycles. The minimum atomic E-state index is -0.0348. The first-order chi connectivity index (χ1) is 8.91. The first-order valence-electron chi connectivity index (χ1n) is 6.65. The maximum absolute atomic E-state index is 5.93. The normalized spacial score (nSPS) is 11.6. The monoisotopic (exact) mass is 255 g/mol. The summed E-state index contributed by atoms with van der Waals surface area (Å²) in [5.74, 6) is 1.25. The highest BCUT2D eigenvalue weighted by Crippen LogP contribution is 2.26. The molecule has 3 nitrogen and oxygen atoms in total. The third-order valence-electron chi connectivity index (χ3n) is 3.15. The molecule has 0 amide bonds. The lowest BCUT2D eigenvalue weighted by Crippen LogP contribution is -2.15. The molecule has 0 saturated heterocycles. The van der Waals surface area contributed by atoms with Crippen LogP contribution in [0.3, 0.4) is 0 Å². The Hall–Kier alpha value is -1.90. The average Bonchev–Trinajstić information content (AvgIpc) is 2.37. The van der Waals surface area contributed by atoms with E-state index < -0.39 is 0 Å². The van der Waals surface area contributed by atoms with Crippen molar-refractivity contribution in [3.8, 4) is 11.4 Å². The topological polar surface area (TPSA) is 51.8 Å². The molecule has 1 aromatic carbocycles. The van der Waals surface area contributed by atoms with E-state index in [2.05, 4.69) is 44.8 Å². The SMILES string of the molecule is CCc1ccccc1-c1nc(N)cc(C(C)(C)C)n1. The van der Waals surface area contributed by atoms with E-state index in [1.165, 1.54) is 5.56 Å². The number of hydrogen-bond acceptors (Lipinski definition) is 3. The van der Waals surface area contributed by atoms with Gasteiger partial charge in [-0.2, -0.15) is 0 Å². The molecule has 3 heteroatoms. The molecule has 19 heavy (non-hydrogen) atoms. The maximum atomic E-state index is 5.93. The Labute approximate surface area is 114 Å². The van der Waals surface area contributed by atoms with Crippen LogP contribution >= 0.6 is 0 Å². The fourth-order valence-electron chi connectivity index (χ4n) is 2.02. The largest absolute Gasteiger partial charge is 0.384 e. The van der Waals surface area contributed by atoms with E-state index in [0.717, 1.165) is 23.5 Å². The van der Waals surface area contributed by atoms with Gasteiger partial charge in [-0.3, -0.25) is 0 Å². The lowest BCUT2D eigenvalue weighted by molar-refractivity contribution is 0.568. The van der Waals surface area contributed by atoms with E-state index in [0.29, 0.717) is 5.82 Å². The molecule has 0 saturated carbocycles. The average molecular weight is 255 g/mol. The van der Waals surface area contributed by atoms with E-state index in [4.69, 9.17) is 10.7 Å². The summed E-state index contributed by atoms with van der Waals surface area (Å²) in [4.78, 5) is 9.09. The van der Waals surface area contributed by atoms with Crippen molar-refractivity contribution in [3.05, 3.63) is 41.6 Å². The number of nitrogens with zero attached hydrogens (tertiary/aromatic N) is 2. The number of aryl methyl sites for hydroxylation is 1. The molecule has 1 heterocycles. The van der Waals surface area contributed by atoms with Crippen LogP contribution in [0.25, 0.3) is 11.4 Å². The highest BCUT2D eigenvalue weighted by Gasteiger charge is 2.18. The molecule has 0 unspecified atom stereocenters. The number of anilines is 1. The predicted octanol–water partition coefficient (Wildman–Crippen LogP) is 3.59. The van der Waals surface area contributed by atoms with E-state index in [1.54, 1.807) is 0 Å². The Morgan fingerprint density at radius 2 is 1.79 bits per heavy atom. The summed E-state index contributed by atoms with van der Waals surface area (Å²) in [5, 5.41) is 0. The summed E-state index contributed by atoms with van der Waals surface area (Å²) in [7, 11) is 0. The quantitative estimate of drug-likeness (QED) is 0.892. The van der Waals surface area contributed by atoms with Crippen LogP contribution in [0.15, 0.2) is 30.3 Å². The van der Waals surface area contributed by atoms with Crippen LogP contribution in [0, 0.1) is 0 Å². The highest BCUT2D eigenvalue weighted by atomic mass is 15.0.